The van der Waals surface area contributed by atoms with Gasteiger partial charge in [0.25, 0.3) is 15.9 Å². The average Bonchev–Trinajstić information content (AvgIpc) is 2.78. The highest BCUT2D eigenvalue weighted by molar-refractivity contribution is 7.92. The molecule has 0 fully saturated rings. The Morgan fingerprint density at radius 2 is 1.74 bits per heavy atom. The standard InChI is InChI=1S/C21H18ClN5O3S/c22-17-5-7-18(8-6-17)27-31(29,30)19-9-3-15(4-10-19)21(28)26-13-12-25-20-16(14-23)2-1-11-24-20/h1-11,27H,12-13H2,(H,24,25)(H,26,28). The van der Waals surface area contributed by atoms with Gasteiger partial charge in [-0.3, -0.25) is 9.52 Å². The van der Waals surface area contributed by atoms with Crippen LogP contribution in [0, 0.1) is 11.3 Å². The zero-order valence-electron chi connectivity index (χ0n) is 16.2. The molecule has 158 valence electrons. The number of rotatable bonds is 8. The molecule has 0 aliphatic carbocycles. The average molecular weight is 456 g/mol. The fourth-order valence-electron chi connectivity index (χ4n) is 2.61. The minimum Gasteiger partial charge on any atom is -0.367 e. The summed E-state index contributed by atoms with van der Waals surface area (Å²) in [5.41, 5.74) is 1.12. The van der Waals surface area contributed by atoms with E-state index in [9.17, 15) is 13.2 Å². The molecule has 8 nitrogen and oxygen atoms in total. The van der Waals surface area contributed by atoms with E-state index in [1.54, 1.807) is 42.6 Å². The number of aromatic nitrogens is 1. The Hall–Kier alpha value is -3.61. The first-order valence-corrected chi connectivity index (χ1v) is 11.0. The molecule has 0 aliphatic heterocycles. The van der Waals surface area contributed by atoms with Gasteiger partial charge in [0.15, 0.2) is 0 Å². The Morgan fingerprint density at radius 1 is 1.03 bits per heavy atom. The van der Waals surface area contributed by atoms with E-state index < -0.39 is 10.0 Å². The second-order valence-corrected chi connectivity index (χ2v) is 8.45. The van der Waals surface area contributed by atoms with Crippen LogP contribution in [0.3, 0.4) is 0 Å². The number of carbonyl (C=O) groups is 1. The number of pyridine rings is 1. The summed E-state index contributed by atoms with van der Waals surface area (Å²) >= 11 is 5.80. The monoisotopic (exact) mass is 455 g/mol. The van der Waals surface area contributed by atoms with Gasteiger partial charge >= 0.3 is 0 Å². The maximum absolute atomic E-state index is 12.5. The Morgan fingerprint density at radius 3 is 2.42 bits per heavy atom. The number of nitriles is 1. The lowest BCUT2D eigenvalue weighted by molar-refractivity contribution is 0.0955. The first kappa shape index (κ1) is 22.1. The van der Waals surface area contributed by atoms with Gasteiger partial charge in [-0.05, 0) is 60.7 Å². The third-order valence-corrected chi connectivity index (χ3v) is 5.80. The number of carbonyl (C=O) groups excluding carboxylic acids is 1. The van der Waals surface area contributed by atoms with Crippen LogP contribution in [0.25, 0.3) is 0 Å². The molecule has 1 heterocycles. The van der Waals surface area contributed by atoms with E-state index in [1.807, 2.05) is 6.07 Å². The second-order valence-electron chi connectivity index (χ2n) is 6.33. The molecule has 0 spiro atoms. The van der Waals surface area contributed by atoms with Gasteiger partial charge in [-0.2, -0.15) is 5.26 Å². The number of halogens is 1. The molecule has 1 amide bonds. The molecule has 3 N–H and O–H groups in total. The van der Waals surface area contributed by atoms with Gasteiger partial charge in [0.1, 0.15) is 11.9 Å². The number of hydrogen-bond donors (Lipinski definition) is 3. The third kappa shape index (κ3) is 5.94. The first-order chi connectivity index (χ1) is 14.9. The van der Waals surface area contributed by atoms with Crippen molar-refractivity contribution in [1.82, 2.24) is 10.3 Å². The maximum Gasteiger partial charge on any atom is 0.261 e. The highest BCUT2D eigenvalue weighted by atomic mass is 35.5. The van der Waals surface area contributed by atoms with Gasteiger partial charge in [-0.1, -0.05) is 11.6 Å². The number of hydrogen-bond acceptors (Lipinski definition) is 6. The van der Waals surface area contributed by atoms with Crippen LogP contribution in [0.2, 0.25) is 5.02 Å². The Labute approximate surface area is 184 Å². The van der Waals surface area contributed by atoms with Crippen LogP contribution in [0.15, 0.2) is 71.8 Å². The lowest BCUT2D eigenvalue weighted by Gasteiger charge is -2.10. The molecule has 0 aliphatic rings. The number of anilines is 2. The van der Waals surface area contributed by atoms with Crippen LogP contribution < -0.4 is 15.4 Å². The van der Waals surface area contributed by atoms with E-state index in [2.05, 4.69) is 20.3 Å². The number of sulfonamides is 1. The van der Waals surface area contributed by atoms with Crippen molar-refractivity contribution in [2.75, 3.05) is 23.1 Å². The highest BCUT2D eigenvalue weighted by Crippen LogP contribution is 2.19. The van der Waals surface area contributed by atoms with Crippen molar-refractivity contribution >= 4 is 39.0 Å². The van der Waals surface area contributed by atoms with Crippen LogP contribution in [0.4, 0.5) is 11.5 Å². The lowest BCUT2D eigenvalue weighted by atomic mass is 10.2. The molecule has 1 aromatic heterocycles. The summed E-state index contributed by atoms with van der Waals surface area (Å²) in [4.78, 5) is 16.4. The maximum atomic E-state index is 12.5. The van der Waals surface area contributed by atoms with Gasteiger partial charge in [0.05, 0.1) is 10.5 Å². The molecule has 31 heavy (non-hydrogen) atoms. The number of nitrogens with zero attached hydrogens (tertiary/aromatic N) is 2. The summed E-state index contributed by atoms with van der Waals surface area (Å²) in [5.74, 6) is 0.0972. The van der Waals surface area contributed by atoms with Crippen molar-refractivity contribution in [3.63, 3.8) is 0 Å². The Balaban J connectivity index is 1.54. The summed E-state index contributed by atoms with van der Waals surface area (Å²) in [6.45, 7) is 0.660. The fraction of sp³-hybridized carbons (Fsp3) is 0.0952. The molecule has 0 radical (unpaired) electrons. The fourth-order valence-corrected chi connectivity index (χ4v) is 3.80. The van der Waals surface area contributed by atoms with E-state index in [4.69, 9.17) is 16.9 Å². The van der Waals surface area contributed by atoms with Crippen molar-refractivity contribution < 1.29 is 13.2 Å². The Bertz CT molecular complexity index is 1210. The minimum atomic E-state index is -3.79. The van der Waals surface area contributed by atoms with Gasteiger partial charge in [-0.25, -0.2) is 13.4 Å². The topological polar surface area (TPSA) is 124 Å². The van der Waals surface area contributed by atoms with E-state index in [0.717, 1.165) is 0 Å². The smallest absolute Gasteiger partial charge is 0.261 e. The van der Waals surface area contributed by atoms with Gasteiger partial charge in [0.2, 0.25) is 0 Å². The molecule has 0 saturated heterocycles. The van der Waals surface area contributed by atoms with Crippen molar-refractivity contribution in [3.05, 3.63) is 83.0 Å². The van der Waals surface area contributed by atoms with E-state index in [-0.39, 0.29) is 10.8 Å². The number of nitrogens with one attached hydrogen (secondary N) is 3. The minimum absolute atomic E-state index is 0.0276. The lowest BCUT2D eigenvalue weighted by Crippen LogP contribution is -2.29. The predicted molar refractivity (Wildman–Crippen MR) is 118 cm³/mol. The summed E-state index contributed by atoms with van der Waals surface area (Å²) in [5, 5.41) is 15.2. The van der Waals surface area contributed by atoms with Crippen molar-refractivity contribution in [1.29, 1.82) is 5.26 Å². The number of amides is 1. The molecule has 0 unspecified atom stereocenters. The van der Waals surface area contributed by atoms with Crippen molar-refractivity contribution in [2.45, 2.75) is 4.90 Å². The van der Waals surface area contributed by atoms with Crippen LogP contribution in [0.1, 0.15) is 15.9 Å². The summed E-state index contributed by atoms with van der Waals surface area (Å²) in [6.07, 6.45) is 1.57. The van der Waals surface area contributed by atoms with Crippen LogP contribution in [-0.4, -0.2) is 32.4 Å². The SMILES string of the molecule is N#Cc1cccnc1NCCNC(=O)c1ccc(S(=O)(=O)Nc2ccc(Cl)cc2)cc1. The second kappa shape index (κ2) is 9.93. The molecule has 0 atom stereocenters. The molecule has 3 rings (SSSR count). The first-order valence-electron chi connectivity index (χ1n) is 9.15. The van der Waals surface area contributed by atoms with Crippen LogP contribution in [0.5, 0.6) is 0 Å². The molecule has 3 aromatic rings. The van der Waals surface area contributed by atoms with Crippen LogP contribution in [-0.2, 0) is 10.0 Å². The third-order valence-electron chi connectivity index (χ3n) is 4.15. The van der Waals surface area contributed by atoms with Crippen LogP contribution >= 0.6 is 11.6 Å². The van der Waals surface area contributed by atoms with E-state index in [1.165, 1.54) is 24.3 Å². The summed E-state index contributed by atoms with van der Waals surface area (Å²) in [7, 11) is -3.79. The van der Waals surface area contributed by atoms with Gasteiger partial charge in [0, 0.05) is 35.6 Å². The molecule has 10 heteroatoms. The number of benzene rings is 2. The summed E-state index contributed by atoms with van der Waals surface area (Å²) in [6, 6.07) is 17.2. The zero-order valence-corrected chi connectivity index (χ0v) is 17.7. The molecular weight excluding hydrogens is 438 g/mol. The van der Waals surface area contributed by atoms with E-state index >= 15 is 0 Å². The van der Waals surface area contributed by atoms with Crippen molar-refractivity contribution in [2.24, 2.45) is 0 Å². The van der Waals surface area contributed by atoms with Gasteiger partial charge < -0.3 is 10.6 Å². The highest BCUT2D eigenvalue weighted by Gasteiger charge is 2.15. The molecule has 0 saturated carbocycles. The molecule has 2 aromatic carbocycles. The quantitative estimate of drug-likeness (QED) is 0.448. The van der Waals surface area contributed by atoms with Crippen molar-refractivity contribution in [3.8, 4) is 6.07 Å². The Kier molecular flexibility index (Phi) is 7.07. The zero-order chi connectivity index (χ0) is 22.3. The molecular formula is C21H18ClN5O3S. The normalized spacial score (nSPS) is 10.7. The van der Waals surface area contributed by atoms with Gasteiger partial charge in [-0.15, -0.1) is 0 Å². The largest absolute Gasteiger partial charge is 0.367 e. The predicted octanol–water partition coefficient (Wildman–Crippen LogP) is 3.25. The van der Waals surface area contributed by atoms with E-state index in [0.29, 0.717) is 40.7 Å². The molecule has 0 bridgehead atoms. The summed E-state index contributed by atoms with van der Waals surface area (Å²) < 4.78 is 27.4.